The van der Waals surface area contributed by atoms with E-state index in [9.17, 15) is 9.59 Å². The first kappa shape index (κ1) is 32.4. The molecule has 0 heterocycles. The molecule has 0 aliphatic rings. The van der Waals surface area contributed by atoms with E-state index in [0.717, 1.165) is 39.5 Å². The predicted octanol–water partition coefficient (Wildman–Crippen LogP) is 2.17. The number of carbonyl (C=O) groups excluding carboxylic acids is 1. The first-order chi connectivity index (χ1) is 11.6. The summed E-state index contributed by atoms with van der Waals surface area (Å²) in [4.78, 5) is 40.0. The Morgan fingerprint density at radius 3 is 1.35 bits per heavy atom. The summed E-state index contributed by atoms with van der Waals surface area (Å²) in [6.07, 6.45) is 1.98. The Balaban J connectivity index is -0.000000226. The third-order valence-corrected chi connectivity index (χ3v) is 2.12. The average Bonchev–Trinajstić information content (AvgIpc) is 2.44. The molecule has 0 aromatic rings. The van der Waals surface area contributed by atoms with Crippen molar-refractivity contribution in [2.24, 2.45) is 0 Å². The largest absolute Gasteiger partial charge is 0.481 e. The molecule has 9 nitrogen and oxygen atoms in total. The van der Waals surface area contributed by atoms with Crippen LogP contribution in [-0.4, -0.2) is 58.5 Å². The molecule has 26 heavy (non-hydrogen) atoms. The molecule has 152 valence electrons. The Hall–Kier alpha value is -1.29. The fourth-order valence-corrected chi connectivity index (χ4v) is 1.14. The number of carbonyl (C=O) groups is 4. The first-order valence-corrected chi connectivity index (χ1v) is 7.95. The van der Waals surface area contributed by atoms with Crippen molar-refractivity contribution in [3.8, 4) is 0 Å². The molecular formula is C16H30O9Ti. The maximum absolute atomic E-state index is 11.5. The number of hydrogen-bond acceptors (Lipinski definition) is 6. The van der Waals surface area contributed by atoms with Gasteiger partial charge in [0, 0.05) is 35.6 Å². The minimum atomic E-state index is -1.15. The number of unbranched alkanes of at least 4 members (excludes halogenated alkanes) is 2. The summed E-state index contributed by atoms with van der Waals surface area (Å²) in [5.74, 6) is -3.34. The fraction of sp³-hybridized carbons (Fsp3) is 0.750. The number of rotatable bonds is 11. The molecule has 0 atom stereocenters. The topological polar surface area (TPSA) is 147 Å². The van der Waals surface area contributed by atoms with Crippen molar-refractivity contribution < 1.29 is 65.7 Å². The van der Waals surface area contributed by atoms with Gasteiger partial charge in [0.15, 0.2) is 5.78 Å². The molecule has 0 aromatic heterocycles. The van der Waals surface area contributed by atoms with Crippen LogP contribution in [0.2, 0.25) is 0 Å². The van der Waals surface area contributed by atoms with Crippen molar-refractivity contribution >= 4 is 23.7 Å². The van der Waals surface area contributed by atoms with Gasteiger partial charge >= 0.3 is 5.97 Å². The minimum absolute atomic E-state index is 0. The molecule has 0 aromatic carbocycles. The van der Waals surface area contributed by atoms with E-state index < -0.39 is 36.4 Å². The van der Waals surface area contributed by atoms with Gasteiger partial charge in [-0.25, -0.2) is 0 Å². The number of ether oxygens (including phenoxy) is 2. The standard InChI is InChI=1S/C12H22O5.2C2H4O2.Ti/c1-3-5-7-16-12(17-8-6-4-2)10(13)9-11(14)15;2*1-2(3)4;/h12H,3-9H2,1-2H3,(H,14,15);2*1H3,(H,3,4);. The number of Topliss-reactive ketones (excluding diaryl/α,β-unsaturated/α-hetero) is 1. The van der Waals surface area contributed by atoms with E-state index in [2.05, 4.69) is 0 Å². The number of ketones is 1. The van der Waals surface area contributed by atoms with E-state index in [1.807, 2.05) is 13.8 Å². The van der Waals surface area contributed by atoms with E-state index in [-0.39, 0.29) is 21.7 Å². The summed E-state index contributed by atoms with van der Waals surface area (Å²) >= 11 is 0. The van der Waals surface area contributed by atoms with E-state index in [1.165, 1.54) is 0 Å². The maximum Gasteiger partial charge on any atom is 0.311 e. The summed E-state index contributed by atoms with van der Waals surface area (Å²) in [6, 6.07) is 0. The van der Waals surface area contributed by atoms with Crippen molar-refractivity contribution in [1.82, 2.24) is 0 Å². The van der Waals surface area contributed by atoms with Crippen LogP contribution in [0.4, 0.5) is 0 Å². The quantitative estimate of drug-likeness (QED) is 0.200. The van der Waals surface area contributed by atoms with Crippen LogP contribution in [0.5, 0.6) is 0 Å². The van der Waals surface area contributed by atoms with E-state index in [4.69, 9.17) is 34.4 Å². The van der Waals surface area contributed by atoms with E-state index in [1.54, 1.807) is 0 Å². The second kappa shape index (κ2) is 23.7. The van der Waals surface area contributed by atoms with Gasteiger partial charge in [0.2, 0.25) is 6.29 Å². The monoisotopic (exact) mass is 414 g/mol. The number of hydrogen-bond donors (Lipinski definition) is 3. The van der Waals surface area contributed by atoms with Crippen LogP contribution in [0.1, 0.15) is 59.8 Å². The van der Waals surface area contributed by atoms with Gasteiger partial charge in [-0.1, -0.05) is 26.7 Å². The third kappa shape index (κ3) is 38.3. The van der Waals surface area contributed by atoms with Crippen LogP contribution in [0.3, 0.4) is 0 Å². The first-order valence-electron chi connectivity index (χ1n) is 7.95. The summed E-state index contributed by atoms with van der Waals surface area (Å²) in [7, 11) is 0. The summed E-state index contributed by atoms with van der Waals surface area (Å²) in [5.41, 5.74) is 0. The van der Waals surface area contributed by atoms with Gasteiger partial charge in [-0.2, -0.15) is 0 Å². The van der Waals surface area contributed by atoms with Crippen molar-refractivity contribution in [1.29, 1.82) is 0 Å². The SMILES string of the molecule is CC(=O)O.CC(=O)O.CCCCOC(OCCCC)C(=O)CC(=O)O.[Ti]. The van der Waals surface area contributed by atoms with Gasteiger partial charge in [0.25, 0.3) is 11.9 Å². The van der Waals surface area contributed by atoms with Crippen LogP contribution in [0.15, 0.2) is 0 Å². The van der Waals surface area contributed by atoms with Crippen LogP contribution < -0.4 is 0 Å². The molecule has 0 spiro atoms. The number of carboxylic acid groups (broad SMARTS) is 3. The second-order valence-corrected chi connectivity index (χ2v) is 4.86. The molecule has 0 aliphatic carbocycles. The molecule has 0 rings (SSSR count). The molecule has 0 unspecified atom stereocenters. The minimum Gasteiger partial charge on any atom is -0.481 e. The Labute approximate surface area is 168 Å². The molecule has 0 bridgehead atoms. The van der Waals surface area contributed by atoms with E-state index >= 15 is 0 Å². The van der Waals surface area contributed by atoms with Crippen molar-refractivity contribution in [2.45, 2.75) is 66.1 Å². The molecule has 10 heteroatoms. The van der Waals surface area contributed by atoms with E-state index in [0.29, 0.717) is 13.2 Å². The van der Waals surface area contributed by atoms with Crippen molar-refractivity contribution in [3.05, 3.63) is 0 Å². The molecule has 0 saturated heterocycles. The maximum atomic E-state index is 11.5. The molecule has 0 aliphatic heterocycles. The van der Waals surface area contributed by atoms with Gasteiger partial charge in [-0.15, -0.1) is 0 Å². The van der Waals surface area contributed by atoms with Crippen LogP contribution >= 0.6 is 0 Å². The summed E-state index contributed by atoms with van der Waals surface area (Å²) < 4.78 is 10.5. The normalized spacial score (nSPS) is 8.96. The molecule has 0 amide bonds. The Morgan fingerprint density at radius 2 is 1.12 bits per heavy atom. The smallest absolute Gasteiger partial charge is 0.311 e. The van der Waals surface area contributed by atoms with Crippen molar-refractivity contribution in [3.63, 3.8) is 0 Å². The average molecular weight is 414 g/mol. The molecule has 0 saturated carbocycles. The summed E-state index contributed by atoms with van der Waals surface area (Å²) in [6.45, 7) is 7.02. The van der Waals surface area contributed by atoms with Gasteiger partial charge < -0.3 is 24.8 Å². The molecule has 0 radical (unpaired) electrons. The fourth-order valence-electron chi connectivity index (χ4n) is 1.14. The van der Waals surface area contributed by atoms with Crippen molar-refractivity contribution in [2.75, 3.05) is 13.2 Å². The molecule has 3 N–H and O–H groups in total. The zero-order chi connectivity index (χ0) is 20.3. The van der Waals surface area contributed by atoms with Crippen LogP contribution in [0, 0.1) is 0 Å². The van der Waals surface area contributed by atoms with Crippen LogP contribution in [-0.2, 0) is 50.4 Å². The predicted molar refractivity (Wildman–Crippen MR) is 89.4 cm³/mol. The van der Waals surface area contributed by atoms with Crippen LogP contribution in [0.25, 0.3) is 0 Å². The Kier molecular flexibility index (Phi) is 29.5. The Bertz CT molecular complexity index is 356. The molecule has 0 fully saturated rings. The summed E-state index contributed by atoms with van der Waals surface area (Å²) in [5, 5.41) is 23.4. The van der Waals surface area contributed by atoms with Gasteiger partial charge in [0.05, 0.1) is 13.2 Å². The Morgan fingerprint density at radius 1 is 0.808 bits per heavy atom. The van der Waals surface area contributed by atoms with Gasteiger partial charge in [-0.3, -0.25) is 19.2 Å². The number of carboxylic acids is 3. The second-order valence-electron chi connectivity index (χ2n) is 4.86. The molecular weight excluding hydrogens is 384 g/mol. The van der Waals surface area contributed by atoms with Gasteiger partial charge in [0.1, 0.15) is 6.42 Å². The number of aliphatic carboxylic acids is 3. The third-order valence-electron chi connectivity index (χ3n) is 2.12. The zero-order valence-electron chi connectivity index (χ0n) is 15.8. The van der Waals surface area contributed by atoms with Gasteiger partial charge in [-0.05, 0) is 12.8 Å². The zero-order valence-corrected chi connectivity index (χ0v) is 17.4.